The van der Waals surface area contributed by atoms with Gasteiger partial charge in [0.15, 0.2) is 0 Å². The zero-order chi connectivity index (χ0) is 68.1. The Bertz CT molecular complexity index is 4760. The number of hydrogen-bond acceptors (Lipinski definition) is 10. The minimum atomic E-state index is -1.81. The third kappa shape index (κ3) is 11.9. The fraction of sp³-hybridized carbons (Fsp3) is 0.190. The van der Waals surface area contributed by atoms with Gasteiger partial charge in [0, 0.05) is 81.7 Å². The summed E-state index contributed by atoms with van der Waals surface area (Å²) in [6, 6.07) is 68.6. The molecule has 100 heavy (non-hydrogen) atoms. The summed E-state index contributed by atoms with van der Waals surface area (Å²) in [4.78, 5) is 0. The molecule has 14 nitrogen and oxygen atoms in total. The molecule has 2 aliphatic carbocycles. The highest BCUT2D eigenvalue weighted by Gasteiger charge is 2.33. The Morgan fingerprint density at radius 3 is 0.750 bits per heavy atom. The smallest absolute Gasteiger partial charge is 0.318 e. The van der Waals surface area contributed by atoms with Crippen molar-refractivity contribution in [3.63, 3.8) is 0 Å². The van der Waals surface area contributed by atoms with Crippen molar-refractivity contribution in [1.82, 2.24) is 17.4 Å². The molecule has 10 aromatic carbocycles. The zero-order valence-electron chi connectivity index (χ0n) is 57.2. The Morgan fingerprint density at radius 2 is 0.500 bits per heavy atom. The quantitative estimate of drug-likeness (QED) is 0.0645. The van der Waals surface area contributed by atoms with Gasteiger partial charge in [-0.3, -0.25) is 17.4 Å². The van der Waals surface area contributed by atoms with Crippen molar-refractivity contribution in [1.29, 1.82) is 0 Å². The van der Waals surface area contributed by atoms with E-state index in [2.05, 4.69) is 212 Å². The maximum absolute atomic E-state index is 8.21. The molecule has 14 aromatic rings. The van der Waals surface area contributed by atoms with Gasteiger partial charge in [-0.15, -0.1) is 0 Å². The van der Waals surface area contributed by atoms with Crippen molar-refractivity contribution in [2.24, 2.45) is 0 Å². The van der Waals surface area contributed by atoms with Gasteiger partial charge in [-0.1, -0.05) is 60.7 Å². The number of benzene rings is 10. The first-order chi connectivity index (χ1) is 49.1. The largest absolute Gasteiger partial charge is 0.497 e. The van der Waals surface area contributed by atoms with Gasteiger partial charge in [-0.05, 0) is 227 Å². The van der Waals surface area contributed by atoms with Crippen LogP contribution in [0.5, 0.6) is 57.5 Å². The number of fused-ring (bicyclic) bond motifs is 6. The number of nitrogens with zero attached hydrogens (tertiary/aromatic N) is 4. The summed E-state index contributed by atoms with van der Waals surface area (Å²) in [7, 11) is 9.88. The lowest BCUT2D eigenvalue weighted by Gasteiger charge is -2.31. The molecule has 0 fully saturated rings. The number of rotatable bonds is 21. The van der Waals surface area contributed by atoms with Crippen LogP contribution in [0.1, 0.15) is 47.9 Å². The van der Waals surface area contributed by atoms with E-state index in [0.29, 0.717) is 46.0 Å². The van der Waals surface area contributed by atoms with Gasteiger partial charge in [-0.2, -0.15) is 0 Å². The summed E-state index contributed by atoms with van der Waals surface area (Å²) < 4.78 is 72.3. The van der Waals surface area contributed by atoms with E-state index in [4.69, 9.17) is 46.9 Å². The summed E-state index contributed by atoms with van der Waals surface area (Å²) in [6.45, 7) is 0. The first kappa shape index (κ1) is 63.9. The van der Waals surface area contributed by atoms with Crippen LogP contribution >= 0.6 is 16.9 Å². The fourth-order valence-electron chi connectivity index (χ4n) is 14.5. The van der Waals surface area contributed by atoms with E-state index in [1.54, 1.807) is 56.9 Å². The summed E-state index contributed by atoms with van der Waals surface area (Å²) in [5.41, 5.74) is 19.4. The Labute approximate surface area is 584 Å². The minimum Gasteiger partial charge on any atom is -0.497 e. The molecule has 0 aliphatic heterocycles. The van der Waals surface area contributed by atoms with E-state index in [0.717, 1.165) is 162 Å². The average molecular weight is 1360 g/mol. The molecule has 0 atom stereocenters. The van der Waals surface area contributed by atoms with Gasteiger partial charge in [0.25, 0.3) is 0 Å². The van der Waals surface area contributed by atoms with Crippen molar-refractivity contribution >= 4 is 60.5 Å². The van der Waals surface area contributed by atoms with Crippen LogP contribution in [0.25, 0.3) is 99.2 Å². The van der Waals surface area contributed by atoms with Gasteiger partial charge >= 0.3 is 16.9 Å². The molecule has 0 N–H and O–H groups in total. The van der Waals surface area contributed by atoms with E-state index >= 15 is 0 Å². The number of hydrogen-bond donors (Lipinski definition) is 0. The van der Waals surface area contributed by atoms with E-state index in [9.17, 15) is 0 Å². The molecular formula is C84H76N4O10P2. The van der Waals surface area contributed by atoms with Crippen LogP contribution in [0.3, 0.4) is 0 Å². The van der Waals surface area contributed by atoms with E-state index in [1.165, 1.54) is 22.3 Å². The number of aryl methyl sites for hydroxylation is 2. The first-order valence-corrected chi connectivity index (χ1v) is 36.1. The van der Waals surface area contributed by atoms with Crippen LogP contribution in [0.15, 0.2) is 219 Å². The molecule has 0 unspecified atom stereocenters. The molecule has 0 radical (unpaired) electrons. The van der Waals surface area contributed by atoms with Gasteiger partial charge in [0.05, 0.1) is 78.9 Å². The molecule has 502 valence electrons. The highest BCUT2D eigenvalue weighted by Crippen LogP contribution is 2.57. The van der Waals surface area contributed by atoms with Crippen molar-refractivity contribution in [2.75, 3.05) is 56.9 Å². The Kier molecular flexibility index (Phi) is 17.4. The molecule has 0 saturated heterocycles. The Hall–Kier alpha value is -10.8. The van der Waals surface area contributed by atoms with Gasteiger partial charge in [-0.25, -0.2) is 0 Å². The van der Waals surface area contributed by atoms with Crippen molar-refractivity contribution in [3.05, 3.63) is 241 Å². The topological polar surface area (TPSA) is 112 Å². The molecule has 0 amide bonds. The van der Waals surface area contributed by atoms with Crippen LogP contribution in [-0.4, -0.2) is 74.2 Å². The van der Waals surface area contributed by atoms with E-state index in [-0.39, 0.29) is 0 Å². The summed E-state index contributed by atoms with van der Waals surface area (Å²) >= 11 is 0. The van der Waals surface area contributed by atoms with E-state index in [1.807, 2.05) is 24.3 Å². The molecule has 4 heterocycles. The molecule has 0 spiro atoms. The summed E-state index contributed by atoms with van der Waals surface area (Å²) in [5, 5.41) is 4.29. The van der Waals surface area contributed by atoms with Crippen LogP contribution in [0.4, 0.5) is 0 Å². The second-order valence-electron chi connectivity index (χ2n) is 25.4. The Balaban J connectivity index is 0.912. The summed E-state index contributed by atoms with van der Waals surface area (Å²) in [5.74, 6) is 7.26. The molecule has 2 aliphatic rings. The van der Waals surface area contributed by atoms with Crippen molar-refractivity contribution in [3.8, 4) is 113 Å². The third-order valence-electron chi connectivity index (χ3n) is 19.8. The second kappa shape index (κ2) is 27.2. The Morgan fingerprint density at radius 1 is 0.250 bits per heavy atom. The van der Waals surface area contributed by atoms with E-state index < -0.39 is 16.9 Å². The SMILES string of the molecule is COc1cc(OC)cc(-c2ccc3ccn(P(Oc4ccc5c(c4-c4c(OP(n6ccc7ccc(-c8cc(OC)cc(OC)c8)cc76)n6ccc7ccc(-c8cc(OC)cc(OC)c8)cc76)ccc6c4CCCC6)CCCC5)n4ccc5ccc(-c6cc(OC)cc(OC)c6)cc54)c3c2)c1. The molecular weight excluding hydrogens is 1290 g/mol. The molecule has 4 aromatic heterocycles. The van der Waals surface area contributed by atoms with Crippen molar-refractivity contribution < 1.29 is 46.9 Å². The second-order valence-corrected chi connectivity index (χ2v) is 28.5. The van der Waals surface area contributed by atoms with Gasteiger partial charge < -0.3 is 46.9 Å². The minimum absolute atomic E-state index is 0.709. The van der Waals surface area contributed by atoms with Crippen molar-refractivity contribution in [2.45, 2.75) is 51.4 Å². The molecule has 0 saturated carbocycles. The lowest BCUT2D eigenvalue weighted by Crippen LogP contribution is -2.13. The van der Waals surface area contributed by atoms with Crippen LogP contribution in [-0.2, 0) is 25.7 Å². The number of ether oxygens (including phenoxy) is 8. The standard InChI is InChI=1S/C84H76N4O10P2/c1-89-67-37-63(38-68(49-67)90-2)59-21-17-55-29-33-85(77(55)45-59)99(86-34-30-56-18-22-60(46-78(56)86)64-39-69(91-3)50-70(40-64)92-4)97-81-27-25-53-13-9-11-15-75(53)83(81)84-76-16-12-10-14-54(76)26-28-82(84)98-100(87-35-31-57-19-23-61(47-79(57)87)65-41-71(93-5)51-72(42-65)94-6)88-36-32-58-20-24-62(48-80(58)88)66-43-73(95-7)52-74(44-66)96-8/h17-52H,9-16H2,1-8H3. The highest BCUT2D eigenvalue weighted by molar-refractivity contribution is 7.50. The monoisotopic (exact) mass is 1360 g/mol. The van der Waals surface area contributed by atoms with Crippen LogP contribution in [0.2, 0.25) is 0 Å². The lowest BCUT2D eigenvalue weighted by atomic mass is 9.80. The molecule has 16 heteroatoms. The third-order valence-corrected chi connectivity index (χ3v) is 23.4. The first-order valence-electron chi connectivity index (χ1n) is 33.8. The predicted octanol–water partition coefficient (Wildman–Crippen LogP) is 21.1. The van der Waals surface area contributed by atoms with Gasteiger partial charge in [0.1, 0.15) is 57.5 Å². The fourth-order valence-corrected chi connectivity index (χ4v) is 18.1. The summed E-state index contributed by atoms with van der Waals surface area (Å²) in [6.07, 6.45) is 16.7. The highest BCUT2D eigenvalue weighted by atomic mass is 31.2. The maximum atomic E-state index is 8.21. The molecule has 0 bridgehead atoms. The lowest BCUT2D eigenvalue weighted by molar-refractivity contribution is 0.394. The number of aromatic nitrogens is 4. The number of methoxy groups -OCH3 is 8. The average Bonchev–Trinajstić information content (AvgIpc) is 1.24. The normalized spacial score (nSPS) is 12.9. The zero-order valence-corrected chi connectivity index (χ0v) is 59.0. The van der Waals surface area contributed by atoms with Crippen LogP contribution in [0, 0.1) is 0 Å². The predicted molar refractivity (Wildman–Crippen MR) is 404 cm³/mol. The molecule has 16 rings (SSSR count). The van der Waals surface area contributed by atoms with Crippen LogP contribution < -0.4 is 46.9 Å². The van der Waals surface area contributed by atoms with Gasteiger partial charge in [0.2, 0.25) is 0 Å². The maximum Gasteiger partial charge on any atom is 0.318 e.